The first-order chi connectivity index (χ1) is 8.29. The predicted molar refractivity (Wildman–Crippen MR) is 78.2 cm³/mol. The summed E-state index contributed by atoms with van der Waals surface area (Å²) in [6.07, 6.45) is 1.12. The number of likely N-dealkylation sites (N-methyl/N-ethyl adjacent to an activating group) is 1. The van der Waals surface area contributed by atoms with Crippen LogP contribution in [0.1, 0.15) is 12.5 Å². The van der Waals surface area contributed by atoms with Gasteiger partial charge in [0.1, 0.15) is 0 Å². The number of nitrogens with one attached hydrogen (secondary N) is 1. The Morgan fingerprint density at radius 1 is 1.35 bits per heavy atom. The fourth-order valence-electron chi connectivity index (χ4n) is 2.16. The van der Waals surface area contributed by atoms with Gasteiger partial charge in [-0.25, -0.2) is 0 Å². The lowest BCUT2D eigenvalue weighted by Crippen LogP contribution is -2.45. The van der Waals surface area contributed by atoms with Crippen molar-refractivity contribution in [2.45, 2.75) is 19.4 Å². The molecule has 1 fully saturated rings. The summed E-state index contributed by atoms with van der Waals surface area (Å²) in [5.41, 5.74) is 2.73. The van der Waals surface area contributed by atoms with Crippen LogP contribution in [0.4, 0.5) is 5.69 Å². The molecule has 0 radical (unpaired) electrons. The van der Waals surface area contributed by atoms with E-state index in [1.807, 2.05) is 0 Å². The monoisotopic (exact) mass is 250 g/mol. The van der Waals surface area contributed by atoms with E-state index < -0.39 is 0 Å². The maximum atomic E-state index is 3.58. The molecular formula is C14H22N2S. The Labute approximate surface area is 109 Å². The quantitative estimate of drug-likeness (QED) is 0.883. The molecule has 1 heterocycles. The van der Waals surface area contributed by atoms with Crippen molar-refractivity contribution in [3.63, 3.8) is 0 Å². The highest BCUT2D eigenvalue weighted by Crippen LogP contribution is 2.16. The molecule has 0 saturated carbocycles. The molecule has 1 atom stereocenters. The molecule has 1 aliphatic rings. The summed E-state index contributed by atoms with van der Waals surface area (Å²) in [5.74, 6) is 2.49. The molecular weight excluding hydrogens is 228 g/mol. The molecule has 0 amide bonds. The van der Waals surface area contributed by atoms with Gasteiger partial charge >= 0.3 is 0 Å². The normalized spacial score (nSPS) is 20.2. The van der Waals surface area contributed by atoms with E-state index in [1.54, 1.807) is 0 Å². The molecule has 2 nitrogen and oxygen atoms in total. The Hall–Kier alpha value is -0.670. The molecule has 2 rings (SSSR count). The van der Waals surface area contributed by atoms with E-state index >= 15 is 0 Å². The highest BCUT2D eigenvalue weighted by atomic mass is 32.2. The van der Waals surface area contributed by atoms with Crippen LogP contribution < -0.4 is 10.2 Å². The molecule has 3 heteroatoms. The van der Waals surface area contributed by atoms with Crippen LogP contribution in [0.2, 0.25) is 0 Å². The lowest BCUT2D eigenvalue weighted by Gasteiger charge is -2.29. The van der Waals surface area contributed by atoms with E-state index in [1.165, 1.54) is 22.8 Å². The Kier molecular flexibility index (Phi) is 4.75. The van der Waals surface area contributed by atoms with Crippen LogP contribution in [0.15, 0.2) is 24.3 Å². The van der Waals surface area contributed by atoms with E-state index in [2.05, 4.69) is 60.2 Å². The minimum absolute atomic E-state index is 0.629. The molecule has 0 aromatic heterocycles. The molecule has 1 aromatic carbocycles. The van der Waals surface area contributed by atoms with Gasteiger partial charge in [0, 0.05) is 43.4 Å². The second kappa shape index (κ2) is 6.31. The highest BCUT2D eigenvalue weighted by Gasteiger charge is 2.14. The van der Waals surface area contributed by atoms with Crippen LogP contribution in [0.5, 0.6) is 0 Å². The number of aryl methyl sites for hydroxylation is 1. The molecule has 17 heavy (non-hydrogen) atoms. The smallest absolute Gasteiger partial charge is 0.0364 e. The second-order valence-corrected chi connectivity index (χ2v) is 5.78. The number of nitrogens with zero attached hydrogens (tertiary/aromatic N) is 1. The summed E-state index contributed by atoms with van der Waals surface area (Å²) in [6.45, 7) is 4.44. The van der Waals surface area contributed by atoms with Gasteiger partial charge in [-0.2, -0.15) is 11.8 Å². The van der Waals surface area contributed by atoms with Crippen molar-refractivity contribution in [2.75, 3.05) is 36.5 Å². The van der Waals surface area contributed by atoms with E-state index in [0.717, 1.165) is 19.5 Å². The summed E-state index contributed by atoms with van der Waals surface area (Å²) in [5, 5.41) is 3.58. The van der Waals surface area contributed by atoms with Crippen LogP contribution in [0, 0.1) is 0 Å². The zero-order valence-electron chi connectivity index (χ0n) is 10.8. The van der Waals surface area contributed by atoms with Crippen molar-refractivity contribution < 1.29 is 0 Å². The Morgan fingerprint density at radius 3 is 2.71 bits per heavy atom. The van der Waals surface area contributed by atoms with Crippen molar-refractivity contribution in [3.8, 4) is 0 Å². The van der Waals surface area contributed by atoms with Crippen LogP contribution in [0.3, 0.4) is 0 Å². The number of thioether (sulfide) groups is 1. The Bertz CT molecular complexity index is 331. The molecule has 1 aromatic rings. The standard InChI is InChI=1S/C14H22N2S/c1-3-12-4-6-14(7-5-12)16(2)10-13-11-17-9-8-15-13/h4-7,13,15H,3,8-11H2,1-2H3. The Balaban J connectivity index is 1.91. The maximum Gasteiger partial charge on any atom is 0.0364 e. The minimum Gasteiger partial charge on any atom is -0.373 e. The van der Waals surface area contributed by atoms with Crippen LogP contribution in [0.25, 0.3) is 0 Å². The van der Waals surface area contributed by atoms with E-state index in [4.69, 9.17) is 0 Å². The molecule has 94 valence electrons. The minimum atomic E-state index is 0.629. The molecule has 1 N–H and O–H groups in total. The predicted octanol–water partition coefficient (Wildman–Crippen LogP) is 2.39. The van der Waals surface area contributed by atoms with Gasteiger partial charge in [0.15, 0.2) is 0 Å². The largest absolute Gasteiger partial charge is 0.373 e. The number of hydrogen-bond acceptors (Lipinski definition) is 3. The van der Waals surface area contributed by atoms with Crippen LogP contribution in [-0.2, 0) is 6.42 Å². The van der Waals surface area contributed by atoms with Gasteiger partial charge in [-0.05, 0) is 24.1 Å². The van der Waals surface area contributed by atoms with Gasteiger partial charge in [-0.1, -0.05) is 19.1 Å². The average Bonchev–Trinajstić information content (AvgIpc) is 2.40. The average molecular weight is 250 g/mol. The number of anilines is 1. The summed E-state index contributed by atoms with van der Waals surface area (Å²) in [4.78, 5) is 2.35. The lowest BCUT2D eigenvalue weighted by molar-refractivity contribution is 0.562. The summed E-state index contributed by atoms with van der Waals surface area (Å²) < 4.78 is 0. The van der Waals surface area contributed by atoms with Gasteiger partial charge in [-0.15, -0.1) is 0 Å². The third kappa shape index (κ3) is 3.65. The topological polar surface area (TPSA) is 15.3 Å². The van der Waals surface area contributed by atoms with Crippen LogP contribution in [-0.4, -0.2) is 37.7 Å². The van der Waals surface area contributed by atoms with Crippen molar-refractivity contribution in [3.05, 3.63) is 29.8 Å². The molecule has 1 unspecified atom stereocenters. The van der Waals surface area contributed by atoms with E-state index in [0.29, 0.717) is 6.04 Å². The third-order valence-corrected chi connectivity index (χ3v) is 4.41. The Morgan fingerprint density at radius 2 is 2.12 bits per heavy atom. The van der Waals surface area contributed by atoms with E-state index in [-0.39, 0.29) is 0 Å². The van der Waals surface area contributed by atoms with Gasteiger partial charge in [-0.3, -0.25) is 0 Å². The number of benzene rings is 1. The lowest BCUT2D eigenvalue weighted by atomic mass is 10.1. The summed E-state index contributed by atoms with van der Waals surface area (Å²) in [6, 6.07) is 9.55. The molecule has 1 aliphatic heterocycles. The van der Waals surface area contributed by atoms with Crippen molar-refractivity contribution >= 4 is 17.4 Å². The summed E-state index contributed by atoms with van der Waals surface area (Å²) in [7, 11) is 2.18. The number of rotatable bonds is 4. The molecule has 1 saturated heterocycles. The first-order valence-corrected chi connectivity index (χ1v) is 7.56. The zero-order valence-corrected chi connectivity index (χ0v) is 11.6. The van der Waals surface area contributed by atoms with Gasteiger partial charge in [0.25, 0.3) is 0 Å². The van der Waals surface area contributed by atoms with Gasteiger partial charge < -0.3 is 10.2 Å². The summed E-state index contributed by atoms with van der Waals surface area (Å²) >= 11 is 2.06. The third-order valence-electron chi connectivity index (χ3n) is 3.28. The molecule has 0 bridgehead atoms. The fraction of sp³-hybridized carbons (Fsp3) is 0.571. The van der Waals surface area contributed by atoms with Crippen LogP contribution >= 0.6 is 11.8 Å². The molecule has 0 spiro atoms. The SMILES string of the molecule is CCc1ccc(N(C)CC2CSCCN2)cc1. The van der Waals surface area contributed by atoms with Gasteiger partial charge in [0.05, 0.1) is 0 Å². The van der Waals surface area contributed by atoms with Crippen molar-refractivity contribution in [2.24, 2.45) is 0 Å². The van der Waals surface area contributed by atoms with Crippen molar-refractivity contribution in [1.29, 1.82) is 0 Å². The first kappa shape index (κ1) is 12.8. The maximum absolute atomic E-state index is 3.58. The number of hydrogen-bond donors (Lipinski definition) is 1. The molecule has 0 aliphatic carbocycles. The fourth-order valence-corrected chi connectivity index (χ4v) is 3.10. The zero-order chi connectivity index (χ0) is 12.1. The highest BCUT2D eigenvalue weighted by molar-refractivity contribution is 7.99. The van der Waals surface area contributed by atoms with Gasteiger partial charge in [0.2, 0.25) is 0 Å². The first-order valence-electron chi connectivity index (χ1n) is 6.41. The second-order valence-electron chi connectivity index (χ2n) is 4.63. The van der Waals surface area contributed by atoms with Crippen molar-refractivity contribution in [1.82, 2.24) is 5.32 Å². The van der Waals surface area contributed by atoms with E-state index in [9.17, 15) is 0 Å².